The minimum absolute atomic E-state index is 0.168. The molecule has 170 valence electrons. The molecule has 0 bridgehead atoms. The van der Waals surface area contributed by atoms with E-state index >= 15 is 0 Å². The number of hydrogen-bond acceptors (Lipinski definition) is 4. The molecule has 6 nitrogen and oxygen atoms in total. The minimum Gasteiger partial charge on any atom is -0.496 e. The predicted molar refractivity (Wildman–Crippen MR) is 126 cm³/mol. The van der Waals surface area contributed by atoms with Gasteiger partial charge in [0.2, 0.25) is 5.95 Å². The van der Waals surface area contributed by atoms with Gasteiger partial charge in [-0.2, -0.15) is 0 Å². The topological polar surface area (TPSA) is 68.2 Å². The molecule has 0 aliphatic heterocycles. The minimum atomic E-state index is -0.427. The van der Waals surface area contributed by atoms with Crippen LogP contribution in [0, 0.1) is 18.7 Å². The summed E-state index contributed by atoms with van der Waals surface area (Å²) in [6.45, 7) is 3.92. The van der Waals surface area contributed by atoms with E-state index in [-0.39, 0.29) is 22.7 Å². The maximum atomic E-state index is 14.6. The van der Waals surface area contributed by atoms with Gasteiger partial charge in [0.25, 0.3) is 5.91 Å². The number of amides is 1. The SMILES string of the molecule is COc1cc2c(cc1C(=O)NC1CCC(C)CC1)nc(Nc1c(Cl)ccc(C)c1F)n2C. The van der Waals surface area contributed by atoms with Gasteiger partial charge in [-0.1, -0.05) is 24.6 Å². The summed E-state index contributed by atoms with van der Waals surface area (Å²) in [6, 6.07) is 6.93. The molecule has 4 rings (SSSR count). The number of ether oxygens (including phenoxy) is 1. The third-order valence-electron chi connectivity index (χ3n) is 6.32. The normalized spacial score (nSPS) is 18.6. The summed E-state index contributed by atoms with van der Waals surface area (Å²) >= 11 is 6.21. The standard InChI is InChI=1S/C24H28ClFN4O2/c1-13-5-8-15(9-6-13)27-23(31)16-11-18-19(12-20(16)32-4)30(3)24(28-18)29-22-17(25)10-7-14(2)21(22)26/h7,10-13,15H,5-6,8-9H2,1-4H3,(H,27,31)(H,28,29). The average Bonchev–Trinajstić information content (AvgIpc) is 3.09. The zero-order valence-electron chi connectivity index (χ0n) is 18.8. The van der Waals surface area contributed by atoms with Gasteiger partial charge in [0.1, 0.15) is 5.75 Å². The number of carbonyl (C=O) groups is 1. The first-order valence-corrected chi connectivity index (χ1v) is 11.2. The van der Waals surface area contributed by atoms with Crippen molar-refractivity contribution in [1.29, 1.82) is 0 Å². The van der Waals surface area contributed by atoms with E-state index in [0.29, 0.717) is 34.3 Å². The molecule has 1 fully saturated rings. The number of rotatable bonds is 5. The van der Waals surface area contributed by atoms with Crippen LogP contribution in [-0.4, -0.2) is 28.6 Å². The fourth-order valence-corrected chi connectivity index (χ4v) is 4.42. The molecule has 3 aromatic rings. The molecule has 0 spiro atoms. The Balaban J connectivity index is 1.66. The highest BCUT2D eigenvalue weighted by molar-refractivity contribution is 6.33. The number of methoxy groups -OCH3 is 1. The van der Waals surface area contributed by atoms with Gasteiger partial charge in [-0.15, -0.1) is 0 Å². The van der Waals surface area contributed by atoms with Crippen molar-refractivity contribution in [2.45, 2.75) is 45.6 Å². The zero-order valence-corrected chi connectivity index (χ0v) is 19.5. The Labute approximate surface area is 192 Å². The number of hydrogen-bond donors (Lipinski definition) is 2. The van der Waals surface area contributed by atoms with Gasteiger partial charge in [-0.3, -0.25) is 4.79 Å². The summed E-state index contributed by atoms with van der Waals surface area (Å²) < 4.78 is 21.9. The Morgan fingerprint density at radius 1 is 1.25 bits per heavy atom. The van der Waals surface area contributed by atoms with Gasteiger partial charge in [0.15, 0.2) is 5.82 Å². The lowest BCUT2D eigenvalue weighted by atomic mass is 9.87. The predicted octanol–water partition coefficient (Wildman–Crippen LogP) is 5.73. The van der Waals surface area contributed by atoms with Crippen molar-refractivity contribution in [3.05, 3.63) is 46.2 Å². The number of imidazole rings is 1. The molecule has 0 saturated heterocycles. The monoisotopic (exact) mass is 458 g/mol. The van der Waals surface area contributed by atoms with Crippen LogP contribution in [-0.2, 0) is 7.05 Å². The van der Waals surface area contributed by atoms with E-state index in [1.807, 2.05) is 7.05 Å². The number of nitrogens with zero attached hydrogens (tertiary/aromatic N) is 2. The number of nitrogens with one attached hydrogen (secondary N) is 2. The van der Waals surface area contributed by atoms with Gasteiger partial charge in [-0.25, -0.2) is 9.37 Å². The van der Waals surface area contributed by atoms with Gasteiger partial charge in [0.05, 0.1) is 34.4 Å². The fourth-order valence-electron chi connectivity index (χ4n) is 4.23. The Morgan fingerprint density at radius 2 is 1.97 bits per heavy atom. The van der Waals surface area contributed by atoms with Crippen LogP contribution in [0.25, 0.3) is 11.0 Å². The van der Waals surface area contributed by atoms with E-state index in [1.165, 1.54) is 7.11 Å². The van der Waals surface area contributed by atoms with Crippen LogP contribution < -0.4 is 15.4 Å². The van der Waals surface area contributed by atoms with Crippen LogP contribution >= 0.6 is 11.6 Å². The van der Waals surface area contributed by atoms with E-state index in [0.717, 1.165) is 31.2 Å². The second kappa shape index (κ2) is 8.98. The van der Waals surface area contributed by atoms with Crippen LogP contribution in [0.4, 0.5) is 16.0 Å². The number of aromatic nitrogens is 2. The summed E-state index contributed by atoms with van der Waals surface area (Å²) in [4.78, 5) is 17.6. The first kappa shape index (κ1) is 22.4. The molecule has 0 atom stereocenters. The molecule has 0 unspecified atom stereocenters. The zero-order chi connectivity index (χ0) is 23.0. The van der Waals surface area contributed by atoms with Crippen molar-refractivity contribution in [2.24, 2.45) is 13.0 Å². The second-order valence-electron chi connectivity index (χ2n) is 8.64. The van der Waals surface area contributed by atoms with Crippen molar-refractivity contribution in [3.8, 4) is 5.75 Å². The number of aryl methyl sites for hydroxylation is 2. The van der Waals surface area contributed by atoms with Crippen LogP contribution in [0.1, 0.15) is 48.5 Å². The van der Waals surface area contributed by atoms with E-state index in [9.17, 15) is 9.18 Å². The molecule has 32 heavy (non-hydrogen) atoms. The number of halogens is 2. The summed E-state index contributed by atoms with van der Waals surface area (Å²) in [7, 11) is 3.35. The molecule has 0 radical (unpaired) electrons. The Hall–Kier alpha value is -2.80. The maximum absolute atomic E-state index is 14.6. The summed E-state index contributed by atoms with van der Waals surface area (Å²) in [6.07, 6.45) is 4.21. The van der Waals surface area contributed by atoms with Crippen LogP contribution in [0.5, 0.6) is 5.75 Å². The number of anilines is 2. The highest BCUT2D eigenvalue weighted by Crippen LogP contribution is 2.33. The first-order valence-electron chi connectivity index (χ1n) is 10.9. The van der Waals surface area contributed by atoms with Gasteiger partial charge >= 0.3 is 0 Å². The van der Waals surface area contributed by atoms with Gasteiger partial charge in [0, 0.05) is 19.2 Å². The van der Waals surface area contributed by atoms with Crippen molar-refractivity contribution in [1.82, 2.24) is 14.9 Å². The highest BCUT2D eigenvalue weighted by atomic mass is 35.5. The molecular formula is C24H28ClFN4O2. The smallest absolute Gasteiger partial charge is 0.255 e. The summed E-state index contributed by atoms with van der Waals surface area (Å²) in [5.41, 5.74) is 2.43. The second-order valence-corrected chi connectivity index (χ2v) is 9.05. The van der Waals surface area contributed by atoms with Crippen LogP contribution in [0.2, 0.25) is 5.02 Å². The van der Waals surface area contributed by atoms with E-state index < -0.39 is 5.82 Å². The van der Waals surface area contributed by atoms with Crippen molar-refractivity contribution in [2.75, 3.05) is 12.4 Å². The first-order chi connectivity index (χ1) is 15.3. The molecule has 1 aliphatic carbocycles. The van der Waals surface area contributed by atoms with E-state index in [1.54, 1.807) is 35.8 Å². The average molecular weight is 459 g/mol. The highest BCUT2D eigenvalue weighted by Gasteiger charge is 2.23. The largest absolute Gasteiger partial charge is 0.496 e. The number of benzene rings is 2. The van der Waals surface area contributed by atoms with E-state index in [4.69, 9.17) is 16.3 Å². The molecule has 1 saturated carbocycles. The van der Waals surface area contributed by atoms with Crippen LogP contribution in [0.3, 0.4) is 0 Å². The van der Waals surface area contributed by atoms with Crippen molar-refractivity contribution in [3.63, 3.8) is 0 Å². The summed E-state index contributed by atoms with van der Waals surface area (Å²) in [5, 5.41) is 6.40. The molecule has 1 aromatic heterocycles. The van der Waals surface area contributed by atoms with Crippen molar-refractivity contribution >= 4 is 40.2 Å². The molecular weight excluding hydrogens is 431 g/mol. The lowest BCUT2D eigenvalue weighted by molar-refractivity contribution is 0.0920. The molecule has 1 amide bonds. The fraction of sp³-hybridized carbons (Fsp3) is 0.417. The number of fused-ring (bicyclic) bond motifs is 1. The summed E-state index contributed by atoms with van der Waals surface area (Å²) in [5.74, 6) is 0.987. The Morgan fingerprint density at radius 3 is 2.66 bits per heavy atom. The number of carbonyl (C=O) groups excluding carboxylic acids is 1. The quantitative estimate of drug-likeness (QED) is 0.512. The maximum Gasteiger partial charge on any atom is 0.255 e. The van der Waals surface area contributed by atoms with Crippen LogP contribution in [0.15, 0.2) is 24.3 Å². The van der Waals surface area contributed by atoms with Crippen molar-refractivity contribution < 1.29 is 13.9 Å². The molecule has 2 N–H and O–H groups in total. The molecule has 1 aliphatic rings. The molecule has 2 aromatic carbocycles. The third-order valence-corrected chi connectivity index (χ3v) is 6.63. The Bertz CT molecular complexity index is 1170. The Kier molecular flexibility index (Phi) is 6.29. The molecule has 8 heteroatoms. The molecule has 1 heterocycles. The van der Waals surface area contributed by atoms with E-state index in [2.05, 4.69) is 22.5 Å². The third kappa shape index (κ3) is 4.26. The van der Waals surface area contributed by atoms with Gasteiger partial charge < -0.3 is 19.9 Å². The lowest BCUT2D eigenvalue weighted by Crippen LogP contribution is -2.37. The lowest BCUT2D eigenvalue weighted by Gasteiger charge is -2.27. The van der Waals surface area contributed by atoms with Gasteiger partial charge in [-0.05, 0) is 56.2 Å².